The van der Waals surface area contributed by atoms with Crippen LogP contribution in [0.4, 0.5) is 5.00 Å². The number of anilines is 1. The van der Waals surface area contributed by atoms with Crippen molar-refractivity contribution in [3.8, 4) is 0 Å². The third-order valence-electron chi connectivity index (χ3n) is 5.88. The number of nitrogens with one attached hydrogen (secondary N) is 1. The molecule has 0 aliphatic carbocycles. The van der Waals surface area contributed by atoms with Crippen molar-refractivity contribution in [2.45, 2.75) is 46.7 Å². The third kappa shape index (κ3) is 3.43. The Bertz CT molecular complexity index is 1020. The quantitative estimate of drug-likeness (QED) is 0.829. The van der Waals surface area contributed by atoms with E-state index in [4.69, 9.17) is 0 Å². The third-order valence-corrected chi connectivity index (χ3v) is 7.02. The number of hydrogen-bond donors (Lipinski definition) is 1. The minimum absolute atomic E-state index is 0.0609. The van der Waals surface area contributed by atoms with Gasteiger partial charge in [0.15, 0.2) is 0 Å². The molecule has 1 N–H and O–H groups in total. The first-order chi connectivity index (χ1) is 13.8. The average molecular weight is 416 g/mol. The first kappa shape index (κ1) is 19.6. The van der Waals surface area contributed by atoms with E-state index in [0.29, 0.717) is 43.0 Å². The Morgan fingerprint density at radius 3 is 2.66 bits per heavy atom. The van der Waals surface area contributed by atoms with Gasteiger partial charge in [-0.3, -0.25) is 19.1 Å². The minimum Gasteiger partial charge on any atom is -0.337 e. The van der Waals surface area contributed by atoms with Gasteiger partial charge in [0.1, 0.15) is 5.00 Å². The summed E-state index contributed by atoms with van der Waals surface area (Å²) in [6, 6.07) is 0. The highest BCUT2D eigenvalue weighted by Crippen LogP contribution is 2.38. The number of nitrogens with zero attached hydrogens (tertiary/aromatic N) is 4. The lowest BCUT2D eigenvalue weighted by atomic mass is 10.0. The van der Waals surface area contributed by atoms with Gasteiger partial charge in [0, 0.05) is 37.1 Å². The lowest BCUT2D eigenvalue weighted by molar-refractivity contribution is -0.132. The summed E-state index contributed by atoms with van der Waals surface area (Å²) in [4.78, 5) is 41.8. The Morgan fingerprint density at radius 2 is 1.97 bits per heavy atom. The summed E-state index contributed by atoms with van der Waals surface area (Å²) in [6.07, 6.45) is 1.02. The summed E-state index contributed by atoms with van der Waals surface area (Å²) in [5.41, 5.74) is 4.83. The number of carbonyl (C=O) groups is 3. The lowest BCUT2D eigenvalue weighted by Crippen LogP contribution is -2.37. The Balaban J connectivity index is 1.48. The van der Waals surface area contributed by atoms with E-state index in [1.54, 1.807) is 7.05 Å². The molecule has 2 aromatic heterocycles. The lowest BCUT2D eigenvalue weighted by Gasteiger charge is -2.27. The van der Waals surface area contributed by atoms with Crippen molar-refractivity contribution >= 4 is 34.1 Å². The molecule has 2 aliphatic rings. The van der Waals surface area contributed by atoms with Crippen molar-refractivity contribution in [2.24, 2.45) is 0 Å². The predicted molar refractivity (Wildman–Crippen MR) is 110 cm³/mol. The van der Waals surface area contributed by atoms with Crippen LogP contribution in [-0.4, -0.2) is 57.4 Å². The SMILES string of the molecule is Cc1nn(CCC(=O)N2CCc3c(sc4c3C(=O)N(C)CC(=O)N4)C2)c(C)c1C. The second kappa shape index (κ2) is 7.29. The average Bonchev–Trinajstić information content (AvgIpc) is 3.12. The predicted octanol–water partition coefficient (Wildman–Crippen LogP) is 1.87. The van der Waals surface area contributed by atoms with Gasteiger partial charge >= 0.3 is 0 Å². The van der Waals surface area contributed by atoms with Crippen LogP contribution in [0.3, 0.4) is 0 Å². The van der Waals surface area contributed by atoms with Gasteiger partial charge < -0.3 is 15.1 Å². The molecule has 2 aromatic rings. The molecule has 4 heterocycles. The van der Waals surface area contributed by atoms with E-state index in [9.17, 15) is 14.4 Å². The van der Waals surface area contributed by atoms with E-state index in [1.165, 1.54) is 16.2 Å². The maximum atomic E-state index is 12.8. The van der Waals surface area contributed by atoms with Crippen molar-refractivity contribution in [1.82, 2.24) is 19.6 Å². The summed E-state index contributed by atoms with van der Waals surface area (Å²) < 4.78 is 1.90. The number of amides is 3. The highest BCUT2D eigenvalue weighted by Gasteiger charge is 2.33. The summed E-state index contributed by atoms with van der Waals surface area (Å²) in [7, 11) is 1.64. The topological polar surface area (TPSA) is 87.5 Å². The van der Waals surface area contributed by atoms with Crippen LogP contribution < -0.4 is 5.32 Å². The summed E-state index contributed by atoms with van der Waals surface area (Å²) in [6.45, 7) is 7.72. The zero-order chi connectivity index (χ0) is 20.9. The van der Waals surface area contributed by atoms with E-state index >= 15 is 0 Å². The van der Waals surface area contributed by atoms with Gasteiger partial charge in [0.2, 0.25) is 11.8 Å². The van der Waals surface area contributed by atoms with Crippen molar-refractivity contribution in [1.29, 1.82) is 0 Å². The van der Waals surface area contributed by atoms with Crippen molar-refractivity contribution in [2.75, 3.05) is 25.5 Å². The van der Waals surface area contributed by atoms with Crippen LogP contribution in [0.2, 0.25) is 0 Å². The van der Waals surface area contributed by atoms with Crippen LogP contribution in [0, 0.1) is 20.8 Å². The largest absolute Gasteiger partial charge is 0.337 e. The van der Waals surface area contributed by atoms with Gasteiger partial charge in [0.05, 0.1) is 24.3 Å². The van der Waals surface area contributed by atoms with Gasteiger partial charge in [-0.25, -0.2) is 0 Å². The first-order valence-electron chi connectivity index (χ1n) is 9.74. The second-order valence-corrected chi connectivity index (χ2v) is 8.86. The number of fused-ring (bicyclic) bond motifs is 3. The van der Waals surface area contributed by atoms with E-state index < -0.39 is 0 Å². The fourth-order valence-electron chi connectivity index (χ4n) is 3.94. The Labute approximate surface area is 173 Å². The van der Waals surface area contributed by atoms with Gasteiger partial charge in [-0.15, -0.1) is 11.3 Å². The monoisotopic (exact) mass is 415 g/mol. The smallest absolute Gasteiger partial charge is 0.257 e. The molecule has 0 aromatic carbocycles. The first-order valence-corrected chi connectivity index (χ1v) is 10.6. The van der Waals surface area contributed by atoms with E-state index in [2.05, 4.69) is 10.4 Å². The van der Waals surface area contributed by atoms with Crippen LogP contribution in [0.25, 0.3) is 0 Å². The Morgan fingerprint density at radius 1 is 1.21 bits per heavy atom. The molecule has 0 unspecified atom stereocenters. The molecule has 29 heavy (non-hydrogen) atoms. The van der Waals surface area contributed by atoms with Crippen molar-refractivity contribution in [3.63, 3.8) is 0 Å². The van der Waals surface area contributed by atoms with Crippen molar-refractivity contribution in [3.05, 3.63) is 33.0 Å². The van der Waals surface area contributed by atoms with Crippen LogP contribution >= 0.6 is 11.3 Å². The normalized spacial score (nSPS) is 16.4. The Kier molecular flexibility index (Phi) is 4.94. The number of carbonyl (C=O) groups excluding carboxylic acids is 3. The van der Waals surface area contributed by atoms with Gasteiger partial charge in [-0.05, 0) is 38.3 Å². The van der Waals surface area contributed by atoms with E-state index in [0.717, 1.165) is 27.4 Å². The van der Waals surface area contributed by atoms with Crippen LogP contribution in [0.5, 0.6) is 0 Å². The number of aryl methyl sites for hydroxylation is 2. The molecule has 3 amide bonds. The molecule has 0 spiro atoms. The molecule has 0 saturated carbocycles. The molecule has 0 fully saturated rings. The maximum absolute atomic E-state index is 12.8. The fraction of sp³-hybridized carbons (Fsp3) is 0.500. The summed E-state index contributed by atoms with van der Waals surface area (Å²) >= 11 is 1.41. The molecule has 2 aliphatic heterocycles. The summed E-state index contributed by atoms with van der Waals surface area (Å²) in [5, 5.41) is 7.96. The van der Waals surface area contributed by atoms with E-state index in [1.807, 2.05) is 30.4 Å². The number of rotatable bonds is 3. The van der Waals surface area contributed by atoms with Gasteiger partial charge in [-0.2, -0.15) is 5.10 Å². The van der Waals surface area contributed by atoms with Crippen LogP contribution in [0.1, 0.15) is 44.2 Å². The number of aromatic nitrogens is 2. The van der Waals surface area contributed by atoms with Gasteiger partial charge in [-0.1, -0.05) is 0 Å². The molecular formula is C20H25N5O3S. The molecular weight excluding hydrogens is 390 g/mol. The van der Waals surface area contributed by atoms with Crippen LogP contribution in [0.15, 0.2) is 0 Å². The molecule has 0 atom stereocenters. The molecule has 8 nitrogen and oxygen atoms in total. The number of likely N-dealkylation sites (N-methyl/N-ethyl adjacent to an activating group) is 1. The highest BCUT2D eigenvalue weighted by atomic mass is 32.1. The molecule has 0 bridgehead atoms. The maximum Gasteiger partial charge on any atom is 0.257 e. The second-order valence-electron chi connectivity index (χ2n) is 7.75. The highest BCUT2D eigenvalue weighted by molar-refractivity contribution is 7.17. The minimum atomic E-state index is -0.189. The number of hydrogen-bond acceptors (Lipinski definition) is 5. The van der Waals surface area contributed by atoms with Crippen LogP contribution in [-0.2, 0) is 29.1 Å². The Hall–Kier alpha value is -2.68. The van der Waals surface area contributed by atoms with Gasteiger partial charge in [0.25, 0.3) is 5.91 Å². The zero-order valence-electron chi connectivity index (χ0n) is 17.2. The molecule has 154 valence electrons. The molecule has 0 saturated heterocycles. The van der Waals surface area contributed by atoms with E-state index in [-0.39, 0.29) is 24.3 Å². The number of thiophene rings is 1. The zero-order valence-corrected chi connectivity index (χ0v) is 18.0. The molecule has 4 rings (SSSR count). The summed E-state index contributed by atoms with van der Waals surface area (Å²) in [5.74, 6) is -0.237. The van der Waals surface area contributed by atoms with Crippen molar-refractivity contribution < 1.29 is 14.4 Å². The molecule has 0 radical (unpaired) electrons. The standard InChI is InChI=1S/C20H25N5O3S/c1-11-12(2)22-25(13(11)3)8-6-17(27)24-7-5-14-15(9-24)29-19-18(14)20(28)23(4)10-16(26)21-19/h5-10H2,1-4H3,(H,21,26). The fourth-order valence-corrected chi connectivity index (χ4v) is 5.21. The molecule has 9 heteroatoms.